The van der Waals surface area contributed by atoms with Gasteiger partial charge in [-0.2, -0.15) is 0 Å². The van der Waals surface area contributed by atoms with Crippen LogP contribution in [0.3, 0.4) is 0 Å². The molecule has 0 aliphatic rings. The van der Waals surface area contributed by atoms with Crippen LogP contribution in [-0.2, 0) is 0 Å². The lowest BCUT2D eigenvalue weighted by Gasteiger charge is -2.06. The van der Waals surface area contributed by atoms with E-state index >= 15 is 0 Å². The maximum atomic E-state index is 12.7. The summed E-state index contributed by atoms with van der Waals surface area (Å²) in [6.45, 7) is 2.21. The third-order valence-corrected chi connectivity index (χ3v) is 4.32. The molecule has 2 aromatic carbocycles. The number of carbonyl (C=O) groups excluding carboxylic acids is 1. The second-order valence-electron chi connectivity index (χ2n) is 5.93. The Hall–Kier alpha value is -2.09. The van der Waals surface area contributed by atoms with Crippen molar-refractivity contribution in [1.29, 1.82) is 0 Å². The van der Waals surface area contributed by atoms with Gasteiger partial charge in [0.25, 0.3) is 0 Å². The van der Waals surface area contributed by atoms with Crippen molar-refractivity contribution in [2.45, 2.75) is 45.4 Å². The molecule has 0 bridgehead atoms. The molecule has 0 radical (unpaired) electrons. The standard InChI is InChI=1S/C20H23NO/c1-2-3-4-5-6-15-20(22)21-18-13-9-7-11-16(18)17-12-8-10-14-19(17)21/h7-14H,2-6,15H2,1H3. The Morgan fingerprint density at radius 2 is 1.36 bits per heavy atom. The number of benzene rings is 2. The Morgan fingerprint density at radius 3 is 1.95 bits per heavy atom. The van der Waals surface area contributed by atoms with Crippen LogP contribution in [0.15, 0.2) is 48.5 Å². The molecule has 2 nitrogen and oxygen atoms in total. The van der Waals surface area contributed by atoms with E-state index in [2.05, 4.69) is 19.1 Å². The highest BCUT2D eigenvalue weighted by Crippen LogP contribution is 2.29. The zero-order valence-corrected chi connectivity index (χ0v) is 13.2. The van der Waals surface area contributed by atoms with Crippen LogP contribution in [0.5, 0.6) is 0 Å². The summed E-state index contributed by atoms with van der Waals surface area (Å²) >= 11 is 0. The van der Waals surface area contributed by atoms with E-state index in [0.29, 0.717) is 6.42 Å². The van der Waals surface area contributed by atoms with Gasteiger partial charge in [-0.25, -0.2) is 0 Å². The third kappa shape index (κ3) is 2.78. The maximum Gasteiger partial charge on any atom is 0.231 e. The van der Waals surface area contributed by atoms with Crippen LogP contribution in [0.1, 0.15) is 50.2 Å². The predicted octanol–water partition coefficient (Wildman–Crippen LogP) is 5.80. The molecule has 0 aliphatic carbocycles. The summed E-state index contributed by atoms with van der Waals surface area (Å²) in [4.78, 5) is 12.7. The van der Waals surface area contributed by atoms with Crippen LogP contribution in [-0.4, -0.2) is 10.5 Å². The zero-order chi connectivity index (χ0) is 15.4. The van der Waals surface area contributed by atoms with Gasteiger partial charge in [0.05, 0.1) is 11.0 Å². The van der Waals surface area contributed by atoms with E-state index in [4.69, 9.17) is 0 Å². The van der Waals surface area contributed by atoms with Gasteiger partial charge in [-0.05, 0) is 18.6 Å². The van der Waals surface area contributed by atoms with Crippen molar-refractivity contribution >= 4 is 27.7 Å². The quantitative estimate of drug-likeness (QED) is 0.527. The highest BCUT2D eigenvalue weighted by Gasteiger charge is 2.14. The number of hydrogen-bond donors (Lipinski definition) is 0. The summed E-state index contributed by atoms with van der Waals surface area (Å²) in [5.74, 6) is 0.217. The Kier molecular flexibility index (Phi) is 4.57. The smallest absolute Gasteiger partial charge is 0.231 e. The minimum atomic E-state index is 0.217. The highest BCUT2D eigenvalue weighted by molar-refractivity contribution is 6.13. The van der Waals surface area contributed by atoms with E-state index in [1.807, 2.05) is 41.0 Å². The lowest BCUT2D eigenvalue weighted by Crippen LogP contribution is -2.09. The Balaban J connectivity index is 1.90. The molecule has 1 aromatic heterocycles. The number of unbranched alkanes of at least 4 members (excludes halogenated alkanes) is 4. The molecule has 0 amide bonds. The van der Waals surface area contributed by atoms with Crippen molar-refractivity contribution in [3.05, 3.63) is 48.5 Å². The first-order valence-corrected chi connectivity index (χ1v) is 8.34. The van der Waals surface area contributed by atoms with Gasteiger partial charge >= 0.3 is 0 Å². The maximum absolute atomic E-state index is 12.7. The molecule has 0 saturated carbocycles. The van der Waals surface area contributed by atoms with Crippen LogP contribution in [0.2, 0.25) is 0 Å². The number of fused-ring (bicyclic) bond motifs is 3. The first-order chi connectivity index (χ1) is 10.8. The number of carbonyl (C=O) groups is 1. The van der Waals surface area contributed by atoms with Gasteiger partial charge in [0.15, 0.2) is 0 Å². The van der Waals surface area contributed by atoms with E-state index in [0.717, 1.165) is 34.6 Å². The molecule has 0 aliphatic heterocycles. The van der Waals surface area contributed by atoms with Gasteiger partial charge in [-0.15, -0.1) is 0 Å². The molecule has 0 atom stereocenters. The minimum Gasteiger partial charge on any atom is -0.280 e. The molecule has 3 aromatic rings. The van der Waals surface area contributed by atoms with Gasteiger partial charge < -0.3 is 0 Å². The normalized spacial score (nSPS) is 11.3. The highest BCUT2D eigenvalue weighted by atomic mass is 16.2. The molecule has 2 heteroatoms. The zero-order valence-electron chi connectivity index (χ0n) is 13.2. The van der Waals surface area contributed by atoms with E-state index in [1.54, 1.807) is 0 Å². The minimum absolute atomic E-state index is 0.217. The van der Waals surface area contributed by atoms with Crippen LogP contribution >= 0.6 is 0 Å². The SMILES string of the molecule is CCCCCCCC(=O)n1c2ccccc2c2ccccc21. The van der Waals surface area contributed by atoms with Crippen LogP contribution in [0, 0.1) is 0 Å². The van der Waals surface area contributed by atoms with E-state index < -0.39 is 0 Å². The van der Waals surface area contributed by atoms with Crippen LogP contribution in [0.25, 0.3) is 21.8 Å². The first-order valence-electron chi connectivity index (χ1n) is 8.34. The average molecular weight is 293 g/mol. The number of aromatic nitrogens is 1. The molecule has 1 heterocycles. The van der Waals surface area contributed by atoms with E-state index in [9.17, 15) is 4.79 Å². The second kappa shape index (κ2) is 6.78. The van der Waals surface area contributed by atoms with Gasteiger partial charge in [-0.1, -0.05) is 69.0 Å². The van der Waals surface area contributed by atoms with Crippen LogP contribution in [0.4, 0.5) is 0 Å². The van der Waals surface area contributed by atoms with Crippen molar-refractivity contribution in [3.63, 3.8) is 0 Å². The second-order valence-corrected chi connectivity index (χ2v) is 5.93. The molecule has 3 rings (SSSR count). The summed E-state index contributed by atoms with van der Waals surface area (Å²) in [6.07, 6.45) is 6.50. The van der Waals surface area contributed by atoms with Crippen molar-refractivity contribution in [2.75, 3.05) is 0 Å². The fraction of sp³-hybridized carbons (Fsp3) is 0.350. The third-order valence-electron chi connectivity index (χ3n) is 4.32. The van der Waals surface area contributed by atoms with Gasteiger partial charge in [0.1, 0.15) is 0 Å². The lowest BCUT2D eigenvalue weighted by molar-refractivity contribution is 0.0909. The van der Waals surface area contributed by atoms with Gasteiger partial charge in [-0.3, -0.25) is 9.36 Å². The van der Waals surface area contributed by atoms with Crippen molar-refractivity contribution in [3.8, 4) is 0 Å². The largest absolute Gasteiger partial charge is 0.280 e. The van der Waals surface area contributed by atoms with E-state index in [-0.39, 0.29) is 5.91 Å². The summed E-state index contributed by atoms with van der Waals surface area (Å²) in [5.41, 5.74) is 2.06. The molecular weight excluding hydrogens is 270 g/mol. The average Bonchev–Trinajstić information content (AvgIpc) is 2.89. The fourth-order valence-corrected chi connectivity index (χ4v) is 3.18. The molecule has 0 unspecified atom stereocenters. The van der Waals surface area contributed by atoms with Crippen molar-refractivity contribution in [1.82, 2.24) is 4.57 Å². The van der Waals surface area contributed by atoms with Crippen molar-refractivity contribution < 1.29 is 4.79 Å². The molecule has 0 fully saturated rings. The number of nitrogens with zero attached hydrogens (tertiary/aromatic N) is 1. The van der Waals surface area contributed by atoms with Gasteiger partial charge in [0.2, 0.25) is 5.91 Å². The fourth-order valence-electron chi connectivity index (χ4n) is 3.18. The molecule has 114 valence electrons. The van der Waals surface area contributed by atoms with Crippen LogP contribution < -0.4 is 0 Å². The number of hydrogen-bond acceptors (Lipinski definition) is 1. The van der Waals surface area contributed by atoms with E-state index in [1.165, 1.54) is 19.3 Å². The van der Waals surface area contributed by atoms with Crippen molar-refractivity contribution in [2.24, 2.45) is 0 Å². The predicted molar refractivity (Wildman–Crippen MR) is 93.4 cm³/mol. The topological polar surface area (TPSA) is 22.0 Å². The first kappa shape index (κ1) is 14.8. The Morgan fingerprint density at radius 1 is 0.818 bits per heavy atom. The molecule has 0 saturated heterocycles. The summed E-state index contributed by atoms with van der Waals surface area (Å²) < 4.78 is 1.91. The number of para-hydroxylation sites is 2. The molecule has 0 N–H and O–H groups in total. The molecule has 22 heavy (non-hydrogen) atoms. The number of rotatable bonds is 6. The summed E-state index contributed by atoms with van der Waals surface area (Å²) in [5, 5.41) is 2.33. The van der Waals surface area contributed by atoms with Gasteiger partial charge in [0, 0.05) is 17.2 Å². The Labute approximate surface area is 131 Å². The molecular formula is C20H23NO. The summed E-state index contributed by atoms with van der Waals surface area (Å²) in [6, 6.07) is 16.4. The lowest BCUT2D eigenvalue weighted by atomic mass is 10.1. The summed E-state index contributed by atoms with van der Waals surface area (Å²) in [7, 11) is 0. The Bertz CT molecular complexity index is 731. The monoisotopic (exact) mass is 293 g/mol. The molecule has 0 spiro atoms.